The molecule has 17 heavy (non-hydrogen) atoms. The molecule has 1 aromatic heterocycles. The van der Waals surface area contributed by atoms with E-state index in [2.05, 4.69) is 32.8 Å². The predicted molar refractivity (Wildman–Crippen MR) is 76.7 cm³/mol. The highest BCUT2D eigenvalue weighted by Gasteiger charge is 2.12. The first-order valence-electron chi connectivity index (χ1n) is 5.30. The molecule has 90 valence electrons. The normalized spacial score (nSPS) is 10.5. The van der Waals surface area contributed by atoms with Gasteiger partial charge >= 0.3 is 0 Å². The van der Waals surface area contributed by atoms with Gasteiger partial charge in [-0.25, -0.2) is 0 Å². The third-order valence-electron chi connectivity index (χ3n) is 2.33. The van der Waals surface area contributed by atoms with Crippen LogP contribution in [0.4, 0.5) is 0 Å². The van der Waals surface area contributed by atoms with Gasteiger partial charge in [-0.2, -0.15) is 0 Å². The molecule has 2 aromatic rings. The number of ether oxygens (including phenoxy) is 1. The molecule has 0 aliphatic heterocycles. The van der Waals surface area contributed by atoms with Crippen LogP contribution in [0.2, 0.25) is 5.02 Å². The number of rotatable bonds is 4. The molecule has 0 aliphatic carbocycles. The Morgan fingerprint density at radius 3 is 3.00 bits per heavy atom. The lowest BCUT2D eigenvalue weighted by atomic mass is 10.1. The molecule has 1 aromatic carbocycles. The van der Waals surface area contributed by atoms with E-state index in [4.69, 9.17) is 16.3 Å². The predicted octanol–water partition coefficient (Wildman–Crippen LogP) is 3.66. The van der Waals surface area contributed by atoms with Crippen molar-refractivity contribution in [1.29, 1.82) is 0 Å². The lowest BCUT2D eigenvalue weighted by Crippen LogP contribution is -1.97. The van der Waals surface area contributed by atoms with E-state index in [9.17, 15) is 0 Å². The summed E-state index contributed by atoms with van der Waals surface area (Å²) in [7, 11) is 0. The Morgan fingerprint density at radius 2 is 2.29 bits per heavy atom. The van der Waals surface area contributed by atoms with Crippen LogP contribution in [-0.2, 0) is 6.42 Å². The average molecular weight is 363 g/mol. The van der Waals surface area contributed by atoms with Gasteiger partial charge in [0.15, 0.2) is 0 Å². The van der Waals surface area contributed by atoms with Crippen molar-refractivity contribution >= 4 is 34.2 Å². The molecule has 2 rings (SSSR count). The van der Waals surface area contributed by atoms with Crippen LogP contribution in [0.1, 0.15) is 18.1 Å². The molecular formula is C12H12ClIN2O. The number of hydrogen-bond donors (Lipinski definition) is 1. The van der Waals surface area contributed by atoms with Crippen molar-refractivity contribution in [1.82, 2.24) is 10.2 Å². The zero-order valence-corrected chi connectivity index (χ0v) is 12.2. The number of nitrogens with zero attached hydrogens (tertiary/aromatic N) is 1. The first kappa shape index (κ1) is 12.7. The van der Waals surface area contributed by atoms with Gasteiger partial charge in [0, 0.05) is 11.4 Å². The Hall–Kier alpha value is -0.750. The van der Waals surface area contributed by atoms with E-state index in [0.29, 0.717) is 12.5 Å². The van der Waals surface area contributed by atoms with Crippen molar-refractivity contribution in [3.63, 3.8) is 0 Å². The van der Waals surface area contributed by atoms with Gasteiger partial charge < -0.3 is 4.74 Å². The monoisotopic (exact) mass is 362 g/mol. The molecule has 0 unspecified atom stereocenters. The summed E-state index contributed by atoms with van der Waals surface area (Å²) in [5.74, 6) is 0.678. The van der Waals surface area contributed by atoms with E-state index >= 15 is 0 Å². The fraction of sp³-hybridized carbons (Fsp3) is 0.250. The standard InChI is InChI=1S/C12H12ClIN2O/c1-2-17-12-10(11(14)15-16-12)7-8-4-3-5-9(13)6-8/h3-6H,2,7H2,1H3,(H,15,16). The topological polar surface area (TPSA) is 37.9 Å². The fourth-order valence-electron chi connectivity index (χ4n) is 1.59. The maximum Gasteiger partial charge on any atom is 0.237 e. The molecule has 0 aliphatic rings. The lowest BCUT2D eigenvalue weighted by molar-refractivity contribution is 0.323. The number of halogens is 2. The summed E-state index contributed by atoms with van der Waals surface area (Å²) in [6.07, 6.45) is 0.769. The Kier molecular flexibility index (Phi) is 4.28. The van der Waals surface area contributed by atoms with Crippen molar-refractivity contribution in [3.05, 3.63) is 44.1 Å². The smallest absolute Gasteiger partial charge is 0.237 e. The largest absolute Gasteiger partial charge is 0.477 e. The van der Waals surface area contributed by atoms with Crippen molar-refractivity contribution in [2.24, 2.45) is 0 Å². The molecule has 0 spiro atoms. The highest BCUT2D eigenvalue weighted by atomic mass is 127. The van der Waals surface area contributed by atoms with E-state index in [1.807, 2.05) is 31.2 Å². The van der Waals surface area contributed by atoms with Crippen LogP contribution in [0.5, 0.6) is 5.88 Å². The number of aromatic nitrogens is 2. The average Bonchev–Trinajstić information content (AvgIpc) is 2.62. The van der Waals surface area contributed by atoms with E-state index in [1.165, 1.54) is 0 Å². The number of H-pyrrole nitrogens is 1. The quantitative estimate of drug-likeness (QED) is 0.843. The van der Waals surface area contributed by atoms with Gasteiger partial charge in [0.1, 0.15) is 3.70 Å². The second-order valence-corrected chi connectivity index (χ2v) is 5.08. The summed E-state index contributed by atoms with van der Waals surface area (Å²) in [5, 5.41) is 7.82. The van der Waals surface area contributed by atoms with Gasteiger partial charge in [-0.1, -0.05) is 23.7 Å². The molecule has 0 saturated carbocycles. The van der Waals surface area contributed by atoms with Crippen molar-refractivity contribution in [3.8, 4) is 5.88 Å². The van der Waals surface area contributed by atoms with Crippen LogP contribution in [0.25, 0.3) is 0 Å². The van der Waals surface area contributed by atoms with E-state index in [0.717, 1.165) is 26.3 Å². The molecule has 1 heterocycles. The molecule has 0 radical (unpaired) electrons. The Labute approximate surface area is 119 Å². The maximum absolute atomic E-state index is 5.97. The summed E-state index contributed by atoms with van der Waals surface area (Å²) < 4.78 is 6.49. The van der Waals surface area contributed by atoms with E-state index < -0.39 is 0 Å². The van der Waals surface area contributed by atoms with E-state index in [1.54, 1.807) is 0 Å². The molecular weight excluding hydrogens is 351 g/mol. The minimum atomic E-state index is 0.615. The fourth-order valence-corrected chi connectivity index (χ4v) is 2.34. The minimum absolute atomic E-state index is 0.615. The number of aromatic amines is 1. The maximum atomic E-state index is 5.97. The third kappa shape index (κ3) is 3.13. The first-order chi connectivity index (χ1) is 8.20. The minimum Gasteiger partial charge on any atom is -0.477 e. The number of nitrogens with one attached hydrogen (secondary N) is 1. The second-order valence-electron chi connectivity index (χ2n) is 3.56. The molecule has 0 bridgehead atoms. The second kappa shape index (κ2) is 5.73. The van der Waals surface area contributed by atoms with Crippen LogP contribution >= 0.6 is 34.2 Å². The van der Waals surface area contributed by atoms with Gasteiger partial charge in [0.05, 0.1) is 12.2 Å². The van der Waals surface area contributed by atoms with Crippen molar-refractivity contribution < 1.29 is 4.74 Å². The summed E-state index contributed by atoms with van der Waals surface area (Å²) in [4.78, 5) is 0. The molecule has 0 fully saturated rings. The van der Waals surface area contributed by atoms with Gasteiger partial charge in [-0.05, 0) is 47.2 Å². The van der Waals surface area contributed by atoms with Gasteiger partial charge in [0.25, 0.3) is 0 Å². The lowest BCUT2D eigenvalue weighted by Gasteiger charge is -2.04. The molecule has 0 amide bonds. The summed E-state index contributed by atoms with van der Waals surface area (Å²) in [6, 6.07) is 7.82. The molecule has 0 atom stereocenters. The first-order valence-corrected chi connectivity index (χ1v) is 6.76. The molecule has 1 N–H and O–H groups in total. The third-order valence-corrected chi connectivity index (χ3v) is 3.46. The SMILES string of the molecule is CCOc1n[nH]c(I)c1Cc1cccc(Cl)c1. The van der Waals surface area contributed by atoms with Crippen LogP contribution in [-0.4, -0.2) is 16.8 Å². The van der Waals surface area contributed by atoms with Crippen LogP contribution < -0.4 is 4.74 Å². The summed E-state index contributed by atoms with van der Waals surface area (Å²) in [5.41, 5.74) is 2.23. The number of benzene rings is 1. The van der Waals surface area contributed by atoms with Crippen molar-refractivity contribution in [2.45, 2.75) is 13.3 Å². The Bertz CT molecular complexity index is 513. The zero-order chi connectivity index (χ0) is 12.3. The summed E-state index contributed by atoms with van der Waals surface area (Å²) >= 11 is 8.19. The van der Waals surface area contributed by atoms with Gasteiger partial charge in [0.2, 0.25) is 5.88 Å². The highest BCUT2D eigenvalue weighted by Crippen LogP contribution is 2.24. The van der Waals surface area contributed by atoms with Crippen molar-refractivity contribution in [2.75, 3.05) is 6.61 Å². The van der Waals surface area contributed by atoms with Crippen LogP contribution in [0.15, 0.2) is 24.3 Å². The number of hydrogen-bond acceptors (Lipinski definition) is 2. The zero-order valence-electron chi connectivity index (χ0n) is 9.34. The summed E-state index contributed by atoms with van der Waals surface area (Å²) in [6.45, 7) is 2.56. The van der Waals surface area contributed by atoms with Crippen LogP contribution in [0.3, 0.4) is 0 Å². The van der Waals surface area contributed by atoms with E-state index in [-0.39, 0.29) is 0 Å². The Morgan fingerprint density at radius 1 is 1.47 bits per heavy atom. The molecule has 0 saturated heterocycles. The molecule has 5 heteroatoms. The van der Waals surface area contributed by atoms with Gasteiger partial charge in [-0.3, -0.25) is 5.10 Å². The molecule has 3 nitrogen and oxygen atoms in total. The Balaban J connectivity index is 2.26. The van der Waals surface area contributed by atoms with Gasteiger partial charge in [-0.15, -0.1) is 5.10 Å². The highest BCUT2D eigenvalue weighted by molar-refractivity contribution is 14.1. The van der Waals surface area contributed by atoms with Crippen LogP contribution in [0, 0.1) is 3.70 Å².